The van der Waals surface area contributed by atoms with E-state index >= 15 is 0 Å². The van der Waals surface area contributed by atoms with E-state index in [9.17, 15) is 4.79 Å². The van der Waals surface area contributed by atoms with Crippen molar-refractivity contribution in [2.75, 3.05) is 19.5 Å². The number of aromatic amines is 1. The van der Waals surface area contributed by atoms with Crippen molar-refractivity contribution in [2.24, 2.45) is 5.92 Å². The monoisotopic (exact) mass is 403 g/mol. The first-order valence-electron chi connectivity index (χ1n) is 8.99. The van der Waals surface area contributed by atoms with Gasteiger partial charge in [0.25, 0.3) is 11.9 Å². The van der Waals surface area contributed by atoms with Gasteiger partial charge in [-0.15, -0.1) is 16.4 Å². The lowest BCUT2D eigenvalue weighted by atomic mass is 10.1. The summed E-state index contributed by atoms with van der Waals surface area (Å²) < 4.78 is 18.0. The van der Waals surface area contributed by atoms with E-state index in [1.54, 1.807) is 14.2 Å². The molecule has 1 amide bonds. The second-order valence-electron chi connectivity index (χ2n) is 6.81. The van der Waals surface area contributed by atoms with Crippen LogP contribution in [0.4, 0.5) is 5.95 Å². The van der Waals surface area contributed by atoms with Crippen molar-refractivity contribution in [1.29, 1.82) is 0 Å². The number of rotatable bonds is 6. The largest absolute Gasteiger partial charge is 0.493 e. The molecular weight excluding hydrogens is 382 g/mol. The van der Waals surface area contributed by atoms with Gasteiger partial charge in [-0.1, -0.05) is 12.0 Å². The summed E-state index contributed by atoms with van der Waals surface area (Å²) in [4.78, 5) is 13.3. The molecule has 3 aromatic rings. The fourth-order valence-electron chi connectivity index (χ4n) is 3.47. The highest BCUT2D eigenvalue weighted by Gasteiger charge is 2.28. The van der Waals surface area contributed by atoms with Gasteiger partial charge >= 0.3 is 0 Å². The van der Waals surface area contributed by atoms with Crippen LogP contribution in [0.1, 0.15) is 35.9 Å². The first-order chi connectivity index (χ1) is 13.6. The maximum Gasteiger partial charge on any atom is 0.272 e. The van der Waals surface area contributed by atoms with Crippen molar-refractivity contribution in [1.82, 2.24) is 20.6 Å². The molecule has 0 aliphatic heterocycles. The zero-order chi connectivity index (χ0) is 19.7. The third kappa shape index (κ3) is 3.47. The minimum absolute atomic E-state index is 0.0811. The third-order valence-corrected chi connectivity index (χ3v) is 5.99. The van der Waals surface area contributed by atoms with Crippen LogP contribution in [-0.2, 0) is 0 Å². The van der Waals surface area contributed by atoms with E-state index in [2.05, 4.69) is 32.9 Å². The summed E-state index contributed by atoms with van der Waals surface area (Å²) in [5.41, 5.74) is 0. The van der Waals surface area contributed by atoms with E-state index in [-0.39, 0.29) is 18.0 Å². The average Bonchev–Trinajstić information content (AvgIpc) is 3.42. The van der Waals surface area contributed by atoms with Gasteiger partial charge < -0.3 is 14.2 Å². The fourth-order valence-corrected chi connectivity index (χ4v) is 4.51. The number of aromatic nitrogens is 4. The summed E-state index contributed by atoms with van der Waals surface area (Å²) in [5.74, 6) is 2.12. The number of methoxy groups -OCH3 is 2. The van der Waals surface area contributed by atoms with E-state index in [1.807, 2.05) is 12.1 Å². The number of carbonyl (C=O) groups is 1. The Kier molecular flexibility index (Phi) is 5.03. The van der Waals surface area contributed by atoms with Crippen LogP contribution in [0.5, 0.6) is 17.2 Å². The van der Waals surface area contributed by atoms with Gasteiger partial charge in [0.1, 0.15) is 4.88 Å². The molecule has 1 fully saturated rings. The minimum atomic E-state index is -0.346. The van der Waals surface area contributed by atoms with Crippen LogP contribution >= 0.6 is 11.3 Å². The Bertz CT molecular complexity index is 988. The minimum Gasteiger partial charge on any atom is -0.493 e. The van der Waals surface area contributed by atoms with E-state index in [0.29, 0.717) is 28.0 Å². The van der Waals surface area contributed by atoms with Crippen LogP contribution in [0.25, 0.3) is 10.1 Å². The lowest BCUT2D eigenvalue weighted by molar-refractivity contribution is 0.102. The van der Waals surface area contributed by atoms with Crippen LogP contribution in [0, 0.1) is 5.92 Å². The number of hydrogen-bond acceptors (Lipinski definition) is 8. The summed E-state index contributed by atoms with van der Waals surface area (Å²) in [6.07, 6.45) is 3.14. The number of hydrogen-bond donors (Lipinski definition) is 2. The molecule has 1 aliphatic rings. The predicted octanol–water partition coefficient (Wildman–Crippen LogP) is 3.25. The number of tetrazole rings is 1. The SMILES string of the molecule is COc1cc2sc(C(=O)Nc3nn[nH]n3)c(OC3CCC(C)C3)c2cc1OC. The maximum absolute atomic E-state index is 12.9. The quantitative estimate of drug-likeness (QED) is 0.650. The molecule has 2 heterocycles. The van der Waals surface area contributed by atoms with Crippen LogP contribution in [0.2, 0.25) is 0 Å². The zero-order valence-electron chi connectivity index (χ0n) is 15.8. The molecule has 148 valence electrons. The zero-order valence-corrected chi connectivity index (χ0v) is 16.6. The number of nitrogens with zero attached hydrogens (tertiary/aromatic N) is 3. The lowest BCUT2D eigenvalue weighted by Gasteiger charge is -2.15. The Morgan fingerprint density at radius 3 is 2.68 bits per heavy atom. The van der Waals surface area contributed by atoms with Gasteiger partial charge in [0.15, 0.2) is 17.2 Å². The second kappa shape index (κ2) is 7.63. The van der Waals surface area contributed by atoms with Gasteiger partial charge in [0, 0.05) is 16.2 Å². The molecule has 2 N–H and O–H groups in total. The molecule has 0 radical (unpaired) electrons. The van der Waals surface area contributed by atoms with Crippen molar-refractivity contribution in [3.8, 4) is 17.2 Å². The number of thiophene rings is 1. The first kappa shape index (κ1) is 18.5. The number of H-pyrrole nitrogens is 1. The lowest BCUT2D eigenvalue weighted by Crippen LogP contribution is -2.16. The van der Waals surface area contributed by atoms with Crippen molar-refractivity contribution in [3.63, 3.8) is 0 Å². The highest BCUT2D eigenvalue weighted by molar-refractivity contribution is 7.21. The molecule has 4 rings (SSSR count). The van der Waals surface area contributed by atoms with E-state index in [4.69, 9.17) is 14.2 Å². The summed E-state index contributed by atoms with van der Waals surface area (Å²) in [6, 6.07) is 3.71. The highest BCUT2D eigenvalue weighted by Crippen LogP contribution is 2.45. The molecule has 2 atom stereocenters. The van der Waals surface area contributed by atoms with E-state index in [1.165, 1.54) is 11.3 Å². The molecule has 1 saturated carbocycles. The summed E-state index contributed by atoms with van der Waals surface area (Å²) in [5, 5.41) is 16.8. The van der Waals surface area contributed by atoms with Gasteiger partial charge in [-0.05, 0) is 36.5 Å². The number of ether oxygens (including phenoxy) is 3. The topological polar surface area (TPSA) is 111 Å². The molecule has 0 bridgehead atoms. The van der Waals surface area contributed by atoms with Gasteiger partial charge in [-0.25, -0.2) is 0 Å². The number of nitrogens with one attached hydrogen (secondary N) is 2. The van der Waals surface area contributed by atoms with Crippen LogP contribution < -0.4 is 19.5 Å². The van der Waals surface area contributed by atoms with E-state index < -0.39 is 0 Å². The number of amides is 1. The highest BCUT2D eigenvalue weighted by atomic mass is 32.1. The van der Waals surface area contributed by atoms with Crippen LogP contribution in [-0.4, -0.2) is 46.9 Å². The number of benzene rings is 1. The van der Waals surface area contributed by atoms with E-state index in [0.717, 1.165) is 29.3 Å². The first-order valence-corrected chi connectivity index (χ1v) is 9.80. The molecule has 0 spiro atoms. The predicted molar refractivity (Wildman–Crippen MR) is 104 cm³/mol. The second-order valence-corrected chi connectivity index (χ2v) is 7.86. The molecule has 2 unspecified atom stereocenters. The van der Waals surface area contributed by atoms with Gasteiger partial charge in [0.2, 0.25) is 0 Å². The van der Waals surface area contributed by atoms with Crippen molar-refractivity contribution < 1.29 is 19.0 Å². The molecular formula is C18H21N5O4S. The number of fused-ring (bicyclic) bond motifs is 1. The van der Waals surface area contributed by atoms with Gasteiger partial charge in [-0.2, -0.15) is 5.21 Å². The summed E-state index contributed by atoms with van der Waals surface area (Å²) in [7, 11) is 3.16. The molecule has 10 heteroatoms. The Morgan fingerprint density at radius 2 is 2.04 bits per heavy atom. The molecule has 9 nitrogen and oxygen atoms in total. The van der Waals surface area contributed by atoms with Gasteiger partial charge in [0.05, 0.1) is 20.3 Å². The average molecular weight is 403 g/mol. The molecule has 0 saturated heterocycles. The van der Waals surface area contributed by atoms with Crippen LogP contribution in [0.3, 0.4) is 0 Å². The Morgan fingerprint density at radius 1 is 1.25 bits per heavy atom. The smallest absolute Gasteiger partial charge is 0.272 e. The standard InChI is InChI=1S/C18H21N5O4S/c1-9-4-5-10(6-9)27-15-11-7-12(25-2)13(26-3)8-14(11)28-16(15)17(24)19-18-20-22-23-21-18/h7-10H,4-6H2,1-3H3,(H2,19,20,21,22,23,24). The Hall–Kier alpha value is -2.88. The normalized spacial score (nSPS) is 19.0. The summed E-state index contributed by atoms with van der Waals surface area (Å²) in [6.45, 7) is 2.22. The molecule has 1 aliphatic carbocycles. The number of anilines is 1. The van der Waals surface area contributed by atoms with Crippen LogP contribution in [0.15, 0.2) is 12.1 Å². The third-order valence-electron chi connectivity index (χ3n) is 4.86. The molecule has 1 aromatic carbocycles. The van der Waals surface area contributed by atoms with Gasteiger partial charge in [-0.3, -0.25) is 10.1 Å². The Labute approximate surface area is 165 Å². The maximum atomic E-state index is 12.9. The number of carbonyl (C=O) groups excluding carboxylic acids is 1. The Balaban J connectivity index is 1.77. The molecule has 2 aromatic heterocycles. The molecule has 28 heavy (non-hydrogen) atoms. The van der Waals surface area contributed by atoms with Crippen molar-refractivity contribution in [3.05, 3.63) is 17.0 Å². The van der Waals surface area contributed by atoms with Crippen molar-refractivity contribution >= 4 is 33.3 Å². The van der Waals surface area contributed by atoms with Crippen molar-refractivity contribution in [2.45, 2.75) is 32.3 Å². The summed E-state index contributed by atoms with van der Waals surface area (Å²) >= 11 is 1.33. The fraction of sp³-hybridized carbons (Fsp3) is 0.444.